The molecule has 1 N–H and O–H groups in total. The second-order valence-electron chi connectivity index (χ2n) is 7.02. The van der Waals surface area contributed by atoms with Crippen molar-refractivity contribution < 1.29 is 9.53 Å². The van der Waals surface area contributed by atoms with E-state index in [0.29, 0.717) is 30.0 Å². The zero-order valence-corrected chi connectivity index (χ0v) is 17.2. The molecule has 1 saturated heterocycles. The molecule has 7 nitrogen and oxygen atoms in total. The predicted octanol–water partition coefficient (Wildman–Crippen LogP) is 3.15. The van der Waals surface area contributed by atoms with Crippen LogP contribution in [0.25, 0.3) is 0 Å². The Morgan fingerprint density at radius 3 is 2.68 bits per heavy atom. The average molecular weight is 422 g/mol. The Hall–Kier alpha value is -1.93. The quantitative estimate of drug-likeness (QED) is 0.495. The van der Waals surface area contributed by atoms with Crippen molar-refractivity contribution in [2.24, 2.45) is 0 Å². The third-order valence-corrected chi connectivity index (χ3v) is 5.98. The number of amides is 1. The fourth-order valence-electron chi connectivity index (χ4n) is 3.22. The number of carbonyl (C=O) groups is 1. The number of ether oxygens (including phenoxy) is 1. The zero-order valence-electron chi connectivity index (χ0n) is 15.6. The van der Waals surface area contributed by atoms with E-state index in [1.807, 2.05) is 12.1 Å². The molecule has 1 amide bonds. The molecule has 0 radical (unpaired) electrons. The van der Waals surface area contributed by atoms with Crippen LogP contribution in [0.3, 0.4) is 0 Å². The Balaban J connectivity index is 1.23. The Morgan fingerprint density at radius 1 is 1.21 bits per heavy atom. The molecule has 0 atom stereocenters. The van der Waals surface area contributed by atoms with E-state index >= 15 is 0 Å². The molecule has 28 heavy (non-hydrogen) atoms. The van der Waals surface area contributed by atoms with Gasteiger partial charge in [0.15, 0.2) is 5.16 Å². The lowest BCUT2D eigenvalue weighted by molar-refractivity contribution is -0.118. The van der Waals surface area contributed by atoms with Crippen LogP contribution in [0.1, 0.15) is 31.7 Å². The van der Waals surface area contributed by atoms with Gasteiger partial charge in [-0.2, -0.15) is 0 Å². The number of hydrogen-bond donors (Lipinski definition) is 1. The monoisotopic (exact) mass is 421 g/mol. The summed E-state index contributed by atoms with van der Waals surface area (Å²) >= 11 is 7.30. The summed E-state index contributed by atoms with van der Waals surface area (Å²) in [6, 6.07) is 7.66. The standard InChI is InChI=1S/C19H24ClN5O2S/c20-14-3-7-16(8-4-14)27-12-9-21-17(26)13-28-19-23-22-18(24-10-1-2-11-24)25(19)15-5-6-15/h3-4,7-8,15H,1-2,5-6,9-13H2,(H,21,26). The summed E-state index contributed by atoms with van der Waals surface area (Å²) in [5.74, 6) is 2.00. The number of benzene rings is 1. The molecule has 1 aliphatic heterocycles. The smallest absolute Gasteiger partial charge is 0.230 e. The van der Waals surface area contributed by atoms with Crippen LogP contribution >= 0.6 is 23.4 Å². The van der Waals surface area contributed by atoms with Gasteiger partial charge >= 0.3 is 0 Å². The van der Waals surface area contributed by atoms with Gasteiger partial charge in [-0.05, 0) is 49.9 Å². The van der Waals surface area contributed by atoms with Crippen molar-refractivity contribution in [3.63, 3.8) is 0 Å². The van der Waals surface area contributed by atoms with Crippen molar-refractivity contribution in [1.29, 1.82) is 0 Å². The summed E-state index contributed by atoms with van der Waals surface area (Å²) in [5, 5.41) is 13.2. The topological polar surface area (TPSA) is 72.3 Å². The molecule has 0 unspecified atom stereocenters. The van der Waals surface area contributed by atoms with Crippen molar-refractivity contribution in [3.8, 4) is 5.75 Å². The lowest BCUT2D eigenvalue weighted by atomic mass is 10.3. The van der Waals surface area contributed by atoms with Gasteiger partial charge in [-0.15, -0.1) is 10.2 Å². The minimum Gasteiger partial charge on any atom is -0.492 e. The third kappa shape index (κ3) is 4.91. The molecule has 0 spiro atoms. The van der Waals surface area contributed by atoms with Gasteiger partial charge in [-0.25, -0.2) is 0 Å². The Bertz CT molecular complexity index is 803. The van der Waals surface area contributed by atoms with Crippen molar-refractivity contribution in [3.05, 3.63) is 29.3 Å². The highest BCUT2D eigenvalue weighted by molar-refractivity contribution is 7.99. The number of aromatic nitrogens is 3. The molecule has 1 aromatic heterocycles. The van der Waals surface area contributed by atoms with E-state index in [9.17, 15) is 4.79 Å². The van der Waals surface area contributed by atoms with Crippen molar-refractivity contribution in [2.45, 2.75) is 36.9 Å². The summed E-state index contributed by atoms with van der Waals surface area (Å²) in [4.78, 5) is 14.5. The lowest BCUT2D eigenvalue weighted by Crippen LogP contribution is -2.29. The number of rotatable bonds is 9. The second kappa shape index (κ2) is 9.05. The van der Waals surface area contributed by atoms with Crippen LogP contribution < -0.4 is 15.0 Å². The zero-order chi connectivity index (χ0) is 19.3. The van der Waals surface area contributed by atoms with Crippen LogP contribution in [-0.2, 0) is 4.79 Å². The van der Waals surface area contributed by atoms with Crippen molar-refractivity contribution in [1.82, 2.24) is 20.1 Å². The Kier molecular flexibility index (Phi) is 6.26. The first-order valence-corrected chi connectivity index (χ1v) is 11.0. The molecule has 2 heterocycles. The van der Waals surface area contributed by atoms with Crippen LogP contribution in [0.15, 0.2) is 29.4 Å². The molecule has 2 aliphatic rings. The van der Waals surface area contributed by atoms with E-state index in [2.05, 4.69) is 25.0 Å². The summed E-state index contributed by atoms with van der Waals surface area (Å²) in [7, 11) is 0. The summed E-state index contributed by atoms with van der Waals surface area (Å²) in [5.41, 5.74) is 0. The van der Waals surface area contributed by atoms with E-state index < -0.39 is 0 Å². The van der Waals surface area contributed by atoms with Gasteiger partial charge in [0.1, 0.15) is 12.4 Å². The molecule has 2 fully saturated rings. The molecular formula is C19H24ClN5O2S. The molecule has 150 valence electrons. The number of thioether (sulfide) groups is 1. The lowest BCUT2D eigenvalue weighted by Gasteiger charge is -2.17. The maximum Gasteiger partial charge on any atom is 0.230 e. The maximum atomic E-state index is 12.2. The van der Waals surface area contributed by atoms with E-state index in [4.69, 9.17) is 16.3 Å². The van der Waals surface area contributed by atoms with Gasteiger partial charge in [0.05, 0.1) is 12.3 Å². The van der Waals surface area contributed by atoms with Gasteiger partial charge in [0.2, 0.25) is 11.9 Å². The van der Waals surface area contributed by atoms with Crippen LogP contribution in [0.4, 0.5) is 5.95 Å². The Morgan fingerprint density at radius 2 is 1.96 bits per heavy atom. The number of carbonyl (C=O) groups excluding carboxylic acids is 1. The summed E-state index contributed by atoms with van der Waals surface area (Å²) < 4.78 is 7.81. The highest BCUT2D eigenvalue weighted by Crippen LogP contribution is 2.41. The molecule has 2 aromatic rings. The fraction of sp³-hybridized carbons (Fsp3) is 0.526. The number of anilines is 1. The van der Waals surface area contributed by atoms with Gasteiger partial charge in [0.25, 0.3) is 0 Å². The van der Waals surface area contributed by atoms with E-state index in [1.54, 1.807) is 12.1 Å². The van der Waals surface area contributed by atoms with Gasteiger partial charge in [-0.1, -0.05) is 23.4 Å². The number of halogens is 1. The number of nitrogens with one attached hydrogen (secondary N) is 1. The van der Waals surface area contributed by atoms with Crippen LogP contribution in [0.2, 0.25) is 5.02 Å². The minimum absolute atomic E-state index is 0.0298. The molecular weight excluding hydrogens is 398 g/mol. The number of nitrogens with zero attached hydrogens (tertiary/aromatic N) is 4. The predicted molar refractivity (Wildman–Crippen MR) is 110 cm³/mol. The van der Waals surface area contributed by atoms with Crippen LogP contribution in [0, 0.1) is 0 Å². The fourth-order valence-corrected chi connectivity index (χ4v) is 4.18. The molecule has 1 aromatic carbocycles. The largest absolute Gasteiger partial charge is 0.492 e. The van der Waals surface area contributed by atoms with Gasteiger partial charge in [-0.3, -0.25) is 9.36 Å². The van der Waals surface area contributed by atoms with E-state index in [0.717, 1.165) is 29.9 Å². The van der Waals surface area contributed by atoms with E-state index in [1.165, 1.54) is 37.4 Å². The number of hydrogen-bond acceptors (Lipinski definition) is 6. The first-order chi connectivity index (χ1) is 13.7. The van der Waals surface area contributed by atoms with E-state index in [-0.39, 0.29) is 5.91 Å². The second-order valence-corrected chi connectivity index (χ2v) is 8.40. The highest BCUT2D eigenvalue weighted by Gasteiger charge is 2.32. The Labute approximate surface area is 173 Å². The first kappa shape index (κ1) is 19.4. The van der Waals surface area contributed by atoms with Crippen molar-refractivity contribution in [2.75, 3.05) is 36.9 Å². The normalized spacial score (nSPS) is 16.4. The minimum atomic E-state index is -0.0298. The van der Waals surface area contributed by atoms with Crippen molar-refractivity contribution >= 4 is 35.2 Å². The molecule has 4 rings (SSSR count). The molecule has 0 bridgehead atoms. The van der Waals surface area contributed by atoms with Crippen LogP contribution in [-0.4, -0.2) is 52.7 Å². The van der Waals surface area contributed by atoms with Gasteiger partial charge < -0.3 is 15.0 Å². The molecule has 1 aliphatic carbocycles. The molecule has 1 saturated carbocycles. The highest BCUT2D eigenvalue weighted by atomic mass is 35.5. The van der Waals surface area contributed by atoms with Gasteiger partial charge in [0, 0.05) is 24.2 Å². The molecule has 9 heteroatoms. The average Bonchev–Trinajstić information content (AvgIpc) is 3.22. The first-order valence-electron chi connectivity index (χ1n) is 9.68. The maximum absolute atomic E-state index is 12.2. The SMILES string of the molecule is O=C(CSc1nnc(N2CCCC2)n1C1CC1)NCCOc1ccc(Cl)cc1. The summed E-state index contributed by atoms with van der Waals surface area (Å²) in [6.45, 7) is 2.96. The summed E-state index contributed by atoms with van der Waals surface area (Å²) in [6.07, 6.45) is 4.75. The van der Waals surface area contributed by atoms with Crippen LogP contribution in [0.5, 0.6) is 5.75 Å². The third-order valence-electron chi connectivity index (χ3n) is 4.79.